The highest BCUT2D eigenvalue weighted by Crippen LogP contribution is 2.21. The Labute approximate surface area is 125 Å². The Kier molecular flexibility index (Phi) is 4.79. The number of benzene rings is 1. The first kappa shape index (κ1) is 15.4. The zero-order valence-corrected chi connectivity index (χ0v) is 13.0. The van der Waals surface area contributed by atoms with E-state index in [0.717, 1.165) is 32.0 Å². The number of hydrogen-bond acceptors (Lipinski definition) is 4. The molecule has 8 heteroatoms. The van der Waals surface area contributed by atoms with Gasteiger partial charge in [0, 0.05) is 10.5 Å². The smallest absolute Gasteiger partial charge is 0.336 e. The van der Waals surface area contributed by atoms with E-state index < -0.39 is 16.0 Å². The Bertz CT molecular complexity index is 612. The molecule has 0 bridgehead atoms. The Morgan fingerprint density at radius 2 is 2.00 bits per heavy atom. The topological polar surface area (TPSA) is 95.5 Å². The van der Waals surface area contributed by atoms with Crippen LogP contribution in [0.3, 0.4) is 0 Å². The first-order chi connectivity index (χ1) is 9.40. The largest absolute Gasteiger partial charge is 0.478 e. The number of carboxylic acids is 1. The molecule has 2 rings (SSSR count). The number of halogens is 1. The SMILES string of the molecule is O=C(O)c1cc(S(=O)(=O)NC2CCNCC2)ccc1Br. The van der Waals surface area contributed by atoms with E-state index in [2.05, 4.69) is 26.0 Å². The molecule has 1 heterocycles. The molecule has 0 radical (unpaired) electrons. The molecule has 1 fully saturated rings. The summed E-state index contributed by atoms with van der Waals surface area (Å²) >= 11 is 3.09. The minimum atomic E-state index is -3.69. The minimum absolute atomic E-state index is 0.0309. The van der Waals surface area contributed by atoms with Crippen LogP contribution in [0.5, 0.6) is 0 Å². The normalized spacial score (nSPS) is 17.1. The summed E-state index contributed by atoms with van der Waals surface area (Å²) in [5.41, 5.74) is -0.0711. The molecular weight excluding hydrogens is 348 g/mol. The summed E-state index contributed by atoms with van der Waals surface area (Å²) in [5.74, 6) is -1.17. The quantitative estimate of drug-likeness (QED) is 0.747. The second-order valence-corrected chi connectivity index (χ2v) is 7.16. The van der Waals surface area contributed by atoms with Gasteiger partial charge < -0.3 is 10.4 Å². The standard InChI is InChI=1S/C12H15BrN2O4S/c13-11-2-1-9(7-10(11)12(16)17)20(18,19)15-8-3-5-14-6-4-8/h1-2,7-8,14-15H,3-6H2,(H,16,17). The van der Waals surface area contributed by atoms with E-state index in [0.29, 0.717) is 4.47 Å². The van der Waals surface area contributed by atoms with Crippen molar-refractivity contribution in [3.63, 3.8) is 0 Å². The van der Waals surface area contributed by atoms with Crippen LogP contribution in [0.25, 0.3) is 0 Å². The molecule has 0 spiro atoms. The molecule has 1 aliphatic rings. The fourth-order valence-corrected chi connectivity index (χ4v) is 3.81. The molecule has 3 N–H and O–H groups in total. The van der Waals surface area contributed by atoms with Gasteiger partial charge in [-0.3, -0.25) is 0 Å². The molecule has 0 atom stereocenters. The number of sulfonamides is 1. The van der Waals surface area contributed by atoms with E-state index in [1.807, 2.05) is 0 Å². The molecule has 1 aromatic rings. The summed E-state index contributed by atoms with van der Waals surface area (Å²) in [7, 11) is -3.69. The van der Waals surface area contributed by atoms with E-state index in [1.54, 1.807) is 0 Å². The number of piperidine rings is 1. The highest BCUT2D eigenvalue weighted by molar-refractivity contribution is 9.10. The third-order valence-corrected chi connectivity index (χ3v) is 5.35. The first-order valence-corrected chi connectivity index (χ1v) is 8.43. The van der Waals surface area contributed by atoms with E-state index in [-0.39, 0.29) is 16.5 Å². The lowest BCUT2D eigenvalue weighted by Gasteiger charge is -2.23. The van der Waals surface area contributed by atoms with Crippen molar-refractivity contribution in [3.05, 3.63) is 28.2 Å². The number of carboxylic acid groups (broad SMARTS) is 1. The third kappa shape index (κ3) is 3.57. The average molecular weight is 363 g/mol. The predicted octanol–water partition coefficient (Wildman–Crippen LogP) is 1.18. The number of rotatable bonds is 4. The van der Waals surface area contributed by atoms with Gasteiger partial charge in [-0.05, 0) is 60.1 Å². The van der Waals surface area contributed by atoms with Crippen molar-refractivity contribution in [2.75, 3.05) is 13.1 Å². The zero-order valence-electron chi connectivity index (χ0n) is 10.6. The van der Waals surface area contributed by atoms with Crippen molar-refractivity contribution in [1.29, 1.82) is 0 Å². The maximum atomic E-state index is 12.2. The monoisotopic (exact) mass is 362 g/mol. The lowest BCUT2D eigenvalue weighted by atomic mass is 10.1. The fourth-order valence-electron chi connectivity index (χ4n) is 2.06. The summed E-state index contributed by atoms with van der Waals surface area (Å²) in [6.07, 6.45) is 1.45. The van der Waals surface area contributed by atoms with E-state index in [4.69, 9.17) is 5.11 Å². The van der Waals surface area contributed by atoms with Crippen LogP contribution in [0.15, 0.2) is 27.6 Å². The van der Waals surface area contributed by atoms with Crippen LogP contribution in [0.2, 0.25) is 0 Å². The number of carbonyl (C=O) groups is 1. The van der Waals surface area contributed by atoms with Gasteiger partial charge in [0.25, 0.3) is 0 Å². The molecular formula is C12H15BrN2O4S. The van der Waals surface area contributed by atoms with E-state index in [1.165, 1.54) is 12.1 Å². The highest BCUT2D eigenvalue weighted by atomic mass is 79.9. The Morgan fingerprint density at radius 1 is 1.35 bits per heavy atom. The van der Waals surface area contributed by atoms with Gasteiger partial charge in [-0.1, -0.05) is 0 Å². The molecule has 110 valence electrons. The second-order valence-electron chi connectivity index (χ2n) is 4.59. The van der Waals surface area contributed by atoms with Crippen molar-refractivity contribution < 1.29 is 18.3 Å². The molecule has 0 aliphatic carbocycles. The lowest BCUT2D eigenvalue weighted by molar-refractivity contribution is 0.0695. The zero-order chi connectivity index (χ0) is 14.8. The molecule has 20 heavy (non-hydrogen) atoms. The van der Waals surface area contributed by atoms with Crippen LogP contribution in [0.4, 0.5) is 0 Å². The van der Waals surface area contributed by atoms with Gasteiger partial charge in [0.05, 0.1) is 10.5 Å². The van der Waals surface area contributed by atoms with Crippen LogP contribution in [-0.4, -0.2) is 38.6 Å². The molecule has 1 aromatic carbocycles. The van der Waals surface area contributed by atoms with Crippen LogP contribution in [0.1, 0.15) is 23.2 Å². The summed E-state index contributed by atoms with van der Waals surface area (Å²) in [4.78, 5) is 11.0. The lowest BCUT2D eigenvalue weighted by Crippen LogP contribution is -2.42. The maximum absolute atomic E-state index is 12.2. The van der Waals surface area contributed by atoms with Crippen molar-refractivity contribution >= 4 is 31.9 Å². The van der Waals surface area contributed by atoms with Crippen LogP contribution in [-0.2, 0) is 10.0 Å². The molecule has 0 unspecified atom stereocenters. The van der Waals surface area contributed by atoms with Gasteiger partial charge in [0.1, 0.15) is 0 Å². The maximum Gasteiger partial charge on any atom is 0.336 e. The Balaban J connectivity index is 2.24. The number of aromatic carboxylic acids is 1. The molecule has 6 nitrogen and oxygen atoms in total. The molecule has 0 saturated carbocycles. The van der Waals surface area contributed by atoms with Crippen molar-refractivity contribution in [1.82, 2.24) is 10.0 Å². The number of hydrogen-bond donors (Lipinski definition) is 3. The van der Waals surface area contributed by atoms with Gasteiger partial charge in [-0.2, -0.15) is 0 Å². The summed E-state index contributed by atoms with van der Waals surface area (Å²) in [6, 6.07) is 3.87. The summed E-state index contributed by atoms with van der Waals surface area (Å²) in [6.45, 7) is 1.54. The molecule has 1 saturated heterocycles. The first-order valence-electron chi connectivity index (χ1n) is 6.16. The van der Waals surface area contributed by atoms with Gasteiger partial charge in [0.2, 0.25) is 10.0 Å². The fraction of sp³-hybridized carbons (Fsp3) is 0.417. The molecule has 0 amide bonds. The molecule has 1 aliphatic heterocycles. The average Bonchev–Trinajstić information content (AvgIpc) is 2.39. The Hall–Kier alpha value is -0.960. The van der Waals surface area contributed by atoms with Gasteiger partial charge in [0.15, 0.2) is 0 Å². The third-order valence-electron chi connectivity index (χ3n) is 3.14. The Morgan fingerprint density at radius 3 is 2.60 bits per heavy atom. The van der Waals surface area contributed by atoms with Crippen LogP contribution in [0, 0.1) is 0 Å². The van der Waals surface area contributed by atoms with E-state index >= 15 is 0 Å². The summed E-state index contributed by atoms with van der Waals surface area (Å²) in [5, 5.41) is 12.2. The van der Waals surface area contributed by atoms with Crippen molar-refractivity contribution in [3.8, 4) is 0 Å². The van der Waals surface area contributed by atoms with Gasteiger partial charge in [-0.15, -0.1) is 0 Å². The second kappa shape index (κ2) is 6.21. The highest BCUT2D eigenvalue weighted by Gasteiger charge is 2.23. The van der Waals surface area contributed by atoms with E-state index in [9.17, 15) is 13.2 Å². The van der Waals surface area contributed by atoms with Gasteiger partial charge in [-0.25, -0.2) is 17.9 Å². The molecule has 0 aromatic heterocycles. The summed E-state index contributed by atoms with van der Waals surface area (Å²) < 4.78 is 27.5. The van der Waals surface area contributed by atoms with Gasteiger partial charge >= 0.3 is 5.97 Å². The predicted molar refractivity (Wildman–Crippen MR) is 77.3 cm³/mol. The van der Waals surface area contributed by atoms with Crippen molar-refractivity contribution in [2.24, 2.45) is 0 Å². The minimum Gasteiger partial charge on any atom is -0.478 e. The van der Waals surface area contributed by atoms with Crippen LogP contribution >= 0.6 is 15.9 Å². The van der Waals surface area contributed by atoms with Crippen LogP contribution < -0.4 is 10.0 Å². The number of nitrogens with one attached hydrogen (secondary N) is 2. The van der Waals surface area contributed by atoms with Crippen molar-refractivity contribution in [2.45, 2.75) is 23.8 Å².